The Morgan fingerprint density at radius 3 is 2.44 bits per heavy atom. The van der Waals surface area contributed by atoms with Crippen molar-refractivity contribution in [2.24, 2.45) is 5.14 Å². The maximum Gasteiger partial charge on any atom is 0.291 e. The molecule has 0 aromatic heterocycles. The first-order valence-corrected chi connectivity index (χ1v) is 5.74. The largest absolute Gasteiger partial charge is 0.495 e. The van der Waals surface area contributed by atoms with E-state index in [1.54, 1.807) is 0 Å². The van der Waals surface area contributed by atoms with Crippen molar-refractivity contribution in [3.8, 4) is 5.75 Å². The summed E-state index contributed by atoms with van der Waals surface area (Å²) in [4.78, 5) is 9.39. The summed E-state index contributed by atoms with van der Waals surface area (Å²) >= 11 is 5.54. The molecule has 1 aromatic carbocycles. The van der Waals surface area contributed by atoms with Crippen LogP contribution < -0.4 is 9.88 Å². The molecule has 0 saturated carbocycles. The standard InChI is InChI=1S/C7H7ClN2O5S/c1-15-6-3-5(10(11)12)4(8)2-7(6)16(9,13)14/h2-3H,1H3,(H2,9,13,14). The van der Waals surface area contributed by atoms with Crippen molar-refractivity contribution < 1.29 is 18.1 Å². The monoisotopic (exact) mass is 266 g/mol. The van der Waals surface area contributed by atoms with E-state index in [1.807, 2.05) is 0 Å². The van der Waals surface area contributed by atoms with Gasteiger partial charge in [0.25, 0.3) is 5.69 Å². The molecule has 0 fully saturated rings. The van der Waals surface area contributed by atoms with Crippen LogP contribution in [0.25, 0.3) is 0 Å². The SMILES string of the molecule is COc1cc([N+](=O)[O-])c(Cl)cc1S(N)(=O)=O. The molecule has 9 heteroatoms. The van der Waals surface area contributed by atoms with Crippen LogP contribution in [0.15, 0.2) is 17.0 Å². The minimum Gasteiger partial charge on any atom is -0.495 e. The molecule has 0 radical (unpaired) electrons. The highest BCUT2D eigenvalue weighted by molar-refractivity contribution is 7.89. The van der Waals surface area contributed by atoms with Gasteiger partial charge in [0.1, 0.15) is 15.7 Å². The molecule has 0 heterocycles. The molecule has 1 rings (SSSR count). The van der Waals surface area contributed by atoms with Crippen LogP contribution in [0, 0.1) is 10.1 Å². The lowest BCUT2D eigenvalue weighted by Gasteiger charge is -2.06. The molecule has 16 heavy (non-hydrogen) atoms. The average Bonchev–Trinajstić information content (AvgIpc) is 2.15. The second kappa shape index (κ2) is 4.24. The predicted molar refractivity (Wildman–Crippen MR) is 56.0 cm³/mol. The number of methoxy groups -OCH3 is 1. The normalized spacial score (nSPS) is 11.2. The zero-order valence-electron chi connectivity index (χ0n) is 8.01. The predicted octanol–water partition coefficient (Wildman–Crippen LogP) is 0.904. The molecule has 2 N–H and O–H groups in total. The van der Waals surface area contributed by atoms with Crippen molar-refractivity contribution in [3.05, 3.63) is 27.3 Å². The summed E-state index contributed by atoms with van der Waals surface area (Å²) in [7, 11) is -2.87. The Hall–Kier alpha value is -1.38. The fourth-order valence-electron chi connectivity index (χ4n) is 1.05. The molecule has 0 unspecified atom stereocenters. The van der Waals surface area contributed by atoms with Crippen molar-refractivity contribution in [1.82, 2.24) is 0 Å². The van der Waals surface area contributed by atoms with Gasteiger partial charge in [-0.25, -0.2) is 13.6 Å². The topological polar surface area (TPSA) is 113 Å². The lowest BCUT2D eigenvalue weighted by molar-refractivity contribution is -0.384. The van der Waals surface area contributed by atoms with Crippen LogP contribution in [-0.4, -0.2) is 20.5 Å². The van der Waals surface area contributed by atoms with Gasteiger partial charge in [-0.05, 0) is 6.07 Å². The molecule has 88 valence electrons. The third-order valence-electron chi connectivity index (χ3n) is 1.74. The van der Waals surface area contributed by atoms with E-state index in [0.29, 0.717) is 0 Å². The quantitative estimate of drug-likeness (QED) is 0.645. The molecule has 0 aliphatic rings. The van der Waals surface area contributed by atoms with Gasteiger partial charge < -0.3 is 4.74 Å². The summed E-state index contributed by atoms with van der Waals surface area (Å²) in [6, 6.07) is 1.79. The molecular formula is C7H7ClN2O5S. The zero-order chi connectivity index (χ0) is 12.5. The Morgan fingerprint density at radius 1 is 1.50 bits per heavy atom. The van der Waals surface area contributed by atoms with Crippen LogP contribution in [0.3, 0.4) is 0 Å². The maximum absolute atomic E-state index is 11.1. The summed E-state index contributed by atoms with van der Waals surface area (Å²) < 4.78 is 26.9. The van der Waals surface area contributed by atoms with E-state index in [4.69, 9.17) is 21.5 Å². The van der Waals surface area contributed by atoms with E-state index in [-0.39, 0.29) is 10.8 Å². The third-order valence-corrected chi connectivity index (χ3v) is 2.97. The van der Waals surface area contributed by atoms with Gasteiger partial charge in [-0.2, -0.15) is 0 Å². The number of nitro benzene ring substituents is 1. The van der Waals surface area contributed by atoms with Crippen molar-refractivity contribution in [3.63, 3.8) is 0 Å². The van der Waals surface area contributed by atoms with Crippen LogP contribution in [0.5, 0.6) is 5.75 Å². The maximum atomic E-state index is 11.1. The van der Waals surface area contributed by atoms with Crippen molar-refractivity contribution in [1.29, 1.82) is 0 Å². The van der Waals surface area contributed by atoms with Crippen LogP contribution >= 0.6 is 11.6 Å². The Labute approximate surface area is 96.0 Å². The summed E-state index contributed by atoms with van der Waals surface area (Å²) in [5.74, 6) is -0.224. The Balaban J connectivity index is 3.57. The fourth-order valence-corrected chi connectivity index (χ4v) is 2.05. The minimum absolute atomic E-state index is 0.224. The summed E-state index contributed by atoms with van der Waals surface area (Å²) in [5, 5.41) is 15.1. The van der Waals surface area contributed by atoms with Crippen LogP contribution in [-0.2, 0) is 10.0 Å². The lowest BCUT2D eigenvalue weighted by Crippen LogP contribution is -2.13. The van der Waals surface area contributed by atoms with E-state index in [0.717, 1.165) is 12.1 Å². The summed E-state index contributed by atoms with van der Waals surface area (Å²) in [6.07, 6.45) is 0. The highest BCUT2D eigenvalue weighted by Gasteiger charge is 2.22. The molecule has 0 aliphatic heterocycles. The van der Waals surface area contributed by atoms with Gasteiger partial charge >= 0.3 is 0 Å². The van der Waals surface area contributed by atoms with E-state index in [9.17, 15) is 18.5 Å². The first-order valence-electron chi connectivity index (χ1n) is 3.82. The molecular weight excluding hydrogens is 260 g/mol. The van der Waals surface area contributed by atoms with E-state index < -0.39 is 25.5 Å². The average molecular weight is 267 g/mol. The molecule has 0 atom stereocenters. The number of hydrogen-bond acceptors (Lipinski definition) is 5. The van der Waals surface area contributed by atoms with Crippen LogP contribution in [0.1, 0.15) is 0 Å². The van der Waals surface area contributed by atoms with Crippen LogP contribution in [0.4, 0.5) is 5.69 Å². The van der Waals surface area contributed by atoms with Crippen molar-refractivity contribution >= 4 is 27.3 Å². The van der Waals surface area contributed by atoms with Gasteiger partial charge in [0, 0.05) is 0 Å². The first kappa shape index (κ1) is 12.7. The second-order valence-electron chi connectivity index (χ2n) is 2.76. The number of primary sulfonamides is 1. The number of nitro groups is 1. The lowest BCUT2D eigenvalue weighted by atomic mass is 10.3. The Morgan fingerprint density at radius 2 is 2.06 bits per heavy atom. The number of hydrogen-bond donors (Lipinski definition) is 1. The van der Waals surface area contributed by atoms with Gasteiger partial charge in [-0.3, -0.25) is 10.1 Å². The number of nitrogens with two attached hydrogens (primary N) is 1. The van der Waals surface area contributed by atoms with Gasteiger partial charge in [0.15, 0.2) is 0 Å². The smallest absolute Gasteiger partial charge is 0.291 e. The molecule has 0 saturated heterocycles. The van der Waals surface area contributed by atoms with Crippen molar-refractivity contribution in [2.75, 3.05) is 7.11 Å². The number of benzene rings is 1. The number of halogens is 1. The number of nitrogens with zero attached hydrogens (tertiary/aromatic N) is 1. The molecule has 0 spiro atoms. The van der Waals surface area contributed by atoms with Crippen LogP contribution in [0.2, 0.25) is 5.02 Å². The second-order valence-corrected chi connectivity index (χ2v) is 4.69. The zero-order valence-corrected chi connectivity index (χ0v) is 9.58. The summed E-state index contributed by atoms with van der Waals surface area (Å²) in [5.41, 5.74) is -0.453. The highest BCUT2D eigenvalue weighted by Crippen LogP contribution is 2.34. The third kappa shape index (κ3) is 2.40. The van der Waals surface area contributed by atoms with Gasteiger partial charge in [0.2, 0.25) is 10.0 Å². The summed E-state index contributed by atoms with van der Waals surface area (Å²) in [6.45, 7) is 0. The molecule has 0 amide bonds. The molecule has 0 aliphatic carbocycles. The van der Waals surface area contributed by atoms with Gasteiger partial charge in [-0.1, -0.05) is 11.6 Å². The van der Waals surface area contributed by atoms with E-state index in [2.05, 4.69) is 0 Å². The van der Waals surface area contributed by atoms with E-state index in [1.165, 1.54) is 7.11 Å². The van der Waals surface area contributed by atoms with Crippen molar-refractivity contribution in [2.45, 2.75) is 4.90 Å². The number of ether oxygens (including phenoxy) is 1. The van der Waals surface area contributed by atoms with Gasteiger partial charge in [0.05, 0.1) is 18.1 Å². The fraction of sp³-hybridized carbons (Fsp3) is 0.143. The number of rotatable bonds is 3. The van der Waals surface area contributed by atoms with E-state index >= 15 is 0 Å². The first-order chi connectivity index (χ1) is 7.27. The Kier molecular flexibility index (Phi) is 3.36. The molecule has 1 aromatic rings. The number of sulfonamides is 1. The molecule has 7 nitrogen and oxygen atoms in total. The van der Waals surface area contributed by atoms with Gasteiger partial charge in [-0.15, -0.1) is 0 Å². The minimum atomic E-state index is -4.04. The molecule has 0 bridgehead atoms. The Bertz CT molecular complexity index is 542. The highest BCUT2D eigenvalue weighted by atomic mass is 35.5.